The summed E-state index contributed by atoms with van der Waals surface area (Å²) in [5.74, 6) is 1.33. The number of hydrogen-bond acceptors (Lipinski definition) is 4. The molecule has 0 aliphatic rings. The second-order valence-electron chi connectivity index (χ2n) is 6.66. The topological polar surface area (TPSA) is 59.9 Å². The Morgan fingerprint density at radius 1 is 0.966 bits per heavy atom. The van der Waals surface area contributed by atoms with Crippen molar-refractivity contribution in [3.05, 3.63) is 95.1 Å². The van der Waals surface area contributed by atoms with Gasteiger partial charge in [0.25, 0.3) is 0 Å². The van der Waals surface area contributed by atoms with E-state index in [1.807, 2.05) is 48.5 Å². The van der Waals surface area contributed by atoms with Gasteiger partial charge < -0.3 is 9.47 Å². The molecule has 3 rings (SSSR count). The number of amides is 1. The number of methoxy groups -OCH3 is 1. The van der Waals surface area contributed by atoms with Gasteiger partial charge in [-0.3, -0.25) is 4.79 Å². The number of ether oxygens (including phenoxy) is 2. The van der Waals surface area contributed by atoms with Gasteiger partial charge in [0.2, 0.25) is 5.91 Å². The molecule has 0 heterocycles. The molecule has 1 N–H and O–H groups in total. The van der Waals surface area contributed by atoms with E-state index in [0.717, 1.165) is 28.2 Å². The van der Waals surface area contributed by atoms with Crippen molar-refractivity contribution in [1.29, 1.82) is 0 Å². The molecule has 5 heteroatoms. The first-order valence-electron chi connectivity index (χ1n) is 9.35. The highest BCUT2D eigenvalue weighted by atomic mass is 16.5. The van der Waals surface area contributed by atoms with Gasteiger partial charge in [-0.1, -0.05) is 54.1 Å². The molecule has 29 heavy (non-hydrogen) atoms. The maximum atomic E-state index is 12.0. The Balaban J connectivity index is 1.50. The van der Waals surface area contributed by atoms with Crippen LogP contribution in [-0.4, -0.2) is 19.2 Å². The number of carbonyl (C=O) groups excluding carboxylic acids is 1. The molecular formula is C24H24N2O3. The van der Waals surface area contributed by atoms with E-state index >= 15 is 0 Å². The fourth-order valence-electron chi connectivity index (χ4n) is 2.68. The first-order chi connectivity index (χ1) is 14.1. The largest absolute Gasteiger partial charge is 0.497 e. The van der Waals surface area contributed by atoms with Crippen LogP contribution in [0.5, 0.6) is 11.5 Å². The molecule has 0 atom stereocenters. The van der Waals surface area contributed by atoms with Gasteiger partial charge in [0.05, 0.1) is 19.7 Å². The summed E-state index contributed by atoms with van der Waals surface area (Å²) in [5, 5.41) is 4.04. The van der Waals surface area contributed by atoms with Crippen molar-refractivity contribution in [2.24, 2.45) is 5.10 Å². The van der Waals surface area contributed by atoms with E-state index < -0.39 is 0 Å². The van der Waals surface area contributed by atoms with Crippen LogP contribution in [0, 0.1) is 6.92 Å². The Bertz CT molecular complexity index is 964. The van der Waals surface area contributed by atoms with E-state index in [2.05, 4.69) is 41.7 Å². The molecule has 0 bridgehead atoms. The lowest BCUT2D eigenvalue weighted by atomic mass is 10.1. The van der Waals surface area contributed by atoms with E-state index in [4.69, 9.17) is 9.47 Å². The maximum absolute atomic E-state index is 12.0. The average molecular weight is 388 g/mol. The molecule has 0 fully saturated rings. The molecule has 0 radical (unpaired) electrons. The van der Waals surface area contributed by atoms with Gasteiger partial charge in [-0.25, -0.2) is 5.43 Å². The summed E-state index contributed by atoms with van der Waals surface area (Å²) < 4.78 is 10.9. The van der Waals surface area contributed by atoms with E-state index in [9.17, 15) is 4.79 Å². The third kappa shape index (κ3) is 6.50. The van der Waals surface area contributed by atoms with Crippen LogP contribution in [0.2, 0.25) is 0 Å². The number of aryl methyl sites for hydroxylation is 1. The standard InChI is InChI=1S/C24H24N2O3/c1-18-6-8-20(9-7-18)17-29-23-5-3-4-21(14-23)16-25-26-24(27)15-19-10-12-22(28-2)13-11-19/h3-14,16H,15,17H2,1-2H3,(H,26,27)/b25-16-. The number of nitrogens with zero attached hydrogens (tertiary/aromatic N) is 1. The minimum atomic E-state index is -0.182. The van der Waals surface area contributed by atoms with Gasteiger partial charge in [-0.15, -0.1) is 0 Å². The SMILES string of the molecule is COc1ccc(CC(=O)N/N=C\c2cccc(OCc3ccc(C)cc3)c2)cc1. The number of carbonyl (C=O) groups is 1. The normalized spacial score (nSPS) is 10.7. The van der Waals surface area contributed by atoms with Crippen LogP contribution >= 0.6 is 0 Å². The fraction of sp³-hybridized carbons (Fsp3) is 0.167. The zero-order valence-corrected chi connectivity index (χ0v) is 16.6. The average Bonchev–Trinajstić information content (AvgIpc) is 2.74. The molecule has 0 aliphatic heterocycles. The molecule has 0 aromatic heterocycles. The second kappa shape index (κ2) is 10.1. The van der Waals surface area contributed by atoms with Crippen LogP contribution in [0.3, 0.4) is 0 Å². The molecule has 0 saturated heterocycles. The molecule has 0 aliphatic carbocycles. The summed E-state index contributed by atoms with van der Waals surface area (Å²) in [6.07, 6.45) is 1.85. The predicted molar refractivity (Wildman–Crippen MR) is 114 cm³/mol. The quantitative estimate of drug-likeness (QED) is 0.463. The molecule has 5 nitrogen and oxygen atoms in total. The van der Waals surface area contributed by atoms with Crippen LogP contribution in [0.15, 0.2) is 77.9 Å². The van der Waals surface area contributed by atoms with E-state index in [-0.39, 0.29) is 12.3 Å². The number of rotatable bonds is 8. The number of hydrogen-bond donors (Lipinski definition) is 1. The van der Waals surface area contributed by atoms with Crippen molar-refractivity contribution in [3.8, 4) is 11.5 Å². The van der Waals surface area contributed by atoms with Crippen LogP contribution in [-0.2, 0) is 17.8 Å². The Kier molecular flexibility index (Phi) is 7.00. The summed E-state index contributed by atoms with van der Waals surface area (Å²) in [5.41, 5.74) is 6.62. The molecule has 148 valence electrons. The van der Waals surface area contributed by atoms with Crippen molar-refractivity contribution in [3.63, 3.8) is 0 Å². The van der Waals surface area contributed by atoms with Crippen LogP contribution in [0.25, 0.3) is 0 Å². The van der Waals surface area contributed by atoms with Crippen molar-refractivity contribution < 1.29 is 14.3 Å². The lowest BCUT2D eigenvalue weighted by molar-refractivity contribution is -0.120. The second-order valence-corrected chi connectivity index (χ2v) is 6.66. The Labute approximate surface area is 171 Å². The van der Waals surface area contributed by atoms with Gasteiger partial charge in [0, 0.05) is 0 Å². The van der Waals surface area contributed by atoms with E-state index in [0.29, 0.717) is 6.61 Å². The minimum absolute atomic E-state index is 0.182. The van der Waals surface area contributed by atoms with E-state index in [1.54, 1.807) is 13.3 Å². The molecule has 0 spiro atoms. The van der Waals surface area contributed by atoms with Gasteiger partial charge >= 0.3 is 0 Å². The molecule has 0 unspecified atom stereocenters. The molecule has 1 amide bonds. The monoisotopic (exact) mass is 388 g/mol. The molecule has 3 aromatic rings. The van der Waals surface area contributed by atoms with E-state index in [1.165, 1.54) is 5.56 Å². The summed E-state index contributed by atoms with van der Waals surface area (Å²) in [6.45, 7) is 2.56. The zero-order chi connectivity index (χ0) is 20.5. The molecule has 0 saturated carbocycles. The molecule has 3 aromatic carbocycles. The summed E-state index contributed by atoms with van der Waals surface area (Å²) in [4.78, 5) is 12.0. The number of hydrazone groups is 1. The van der Waals surface area contributed by atoms with Gasteiger partial charge in [0.15, 0.2) is 0 Å². The van der Waals surface area contributed by atoms with Gasteiger partial charge in [-0.05, 0) is 47.9 Å². The van der Waals surface area contributed by atoms with Crippen molar-refractivity contribution >= 4 is 12.1 Å². The van der Waals surface area contributed by atoms with Crippen molar-refractivity contribution in [1.82, 2.24) is 5.43 Å². The Morgan fingerprint density at radius 3 is 2.41 bits per heavy atom. The summed E-state index contributed by atoms with van der Waals surface area (Å²) in [7, 11) is 1.61. The van der Waals surface area contributed by atoms with Crippen LogP contribution < -0.4 is 14.9 Å². The lowest BCUT2D eigenvalue weighted by Gasteiger charge is -2.07. The minimum Gasteiger partial charge on any atom is -0.497 e. The van der Waals surface area contributed by atoms with Crippen molar-refractivity contribution in [2.75, 3.05) is 7.11 Å². The maximum Gasteiger partial charge on any atom is 0.244 e. The Hall–Kier alpha value is -3.60. The number of nitrogens with one attached hydrogen (secondary N) is 1. The summed E-state index contributed by atoms with van der Waals surface area (Å²) >= 11 is 0. The highest BCUT2D eigenvalue weighted by Gasteiger charge is 2.03. The highest BCUT2D eigenvalue weighted by Crippen LogP contribution is 2.15. The predicted octanol–water partition coefficient (Wildman–Crippen LogP) is 4.28. The van der Waals surface area contributed by atoms with Crippen LogP contribution in [0.1, 0.15) is 22.3 Å². The Morgan fingerprint density at radius 2 is 1.69 bits per heavy atom. The summed E-state index contributed by atoms with van der Waals surface area (Å²) in [6, 6.07) is 23.2. The zero-order valence-electron chi connectivity index (χ0n) is 16.6. The first kappa shape index (κ1) is 20.1. The van der Waals surface area contributed by atoms with Crippen LogP contribution in [0.4, 0.5) is 0 Å². The lowest BCUT2D eigenvalue weighted by Crippen LogP contribution is -2.19. The van der Waals surface area contributed by atoms with Crippen molar-refractivity contribution in [2.45, 2.75) is 20.0 Å². The highest BCUT2D eigenvalue weighted by molar-refractivity contribution is 5.83. The smallest absolute Gasteiger partial charge is 0.244 e. The van der Waals surface area contributed by atoms with Gasteiger partial charge in [0.1, 0.15) is 18.1 Å². The fourth-order valence-corrected chi connectivity index (χ4v) is 2.68. The number of benzene rings is 3. The molecular weight excluding hydrogens is 364 g/mol. The first-order valence-corrected chi connectivity index (χ1v) is 9.35. The van der Waals surface area contributed by atoms with Gasteiger partial charge in [-0.2, -0.15) is 5.10 Å². The third-order valence-electron chi connectivity index (χ3n) is 4.31. The third-order valence-corrected chi connectivity index (χ3v) is 4.31.